The highest BCUT2D eigenvalue weighted by atomic mass is 32.2. The minimum Gasteiger partial charge on any atom is -0.506 e. The number of benzene rings is 2. The van der Waals surface area contributed by atoms with Crippen LogP contribution in [0, 0.1) is 0 Å². The molecule has 0 fully saturated rings. The molecule has 0 unspecified atom stereocenters. The molecule has 0 aliphatic heterocycles. The molecule has 0 aliphatic rings. The van der Waals surface area contributed by atoms with Crippen molar-refractivity contribution in [3.8, 4) is 5.75 Å². The van der Waals surface area contributed by atoms with Gasteiger partial charge in [0.15, 0.2) is 8.32 Å². The molecule has 200 valence electrons. The van der Waals surface area contributed by atoms with E-state index in [4.69, 9.17) is 4.43 Å². The van der Waals surface area contributed by atoms with Gasteiger partial charge >= 0.3 is 0 Å². The van der Waals surface area contributed by atoms with Gasteiger partial charge < -0.3 is 14.8 Å². The van der Waals surface area contributed by atoms with Gasteiger partial charge in [-0.25, -0.2) is 8.42 Å². The number of phenolic OH excluding ortho intramolecular Hbond substituents is 1. The number of carbonyl (C=O) groups excluding carboxylic acids is 1. The third-order valence-corrected chi connectivity index (χ3v) is 11.7. The van der Waals surface area contributed by atoms with Crippen LogP contribution in [0.1, 0.15) is 57.4 Å². The number of hydrogen-bond donors (Lipinski definition) is 3. The van der Waals surface area contributed by atoms with Gasteiger partial charge in [-0.05, 0) is 67.2 Å². The molecule has 36 heavy (non-hydrogen) atoms. The predicted octanol–water partition coefficient (Wildman–Crippen LogP) is 5.18. The molecule has 7 nitrogen and oxygen atoms in total. The van der Waals surface area contributed by atoms with Crippen LogP contribution in [0.2, 0.25) is 18.1 Å². The molecule has 2 aromatic rings. The zero-order valence-corrected chi connectivity index (χ0v) is 24.6. The molecule has 2 aromatic carbocycles. The summed E-state index contributed by atoms with van der Waals surface area (Å²) in [5.41, 5.74) is 3.11. The second-order valence-electron chi connectivity index (χ2n) is 11.2. The molecule has 0 aromatic heterocycles. The molecule has 3 N–H and O–H groups in total. The number of anilines is 1. The van der Waals surface area contributed by atoms with Gasteiger partial charge in [0.25, 0.3) is 0 Å². The third-order valence-electron chi connectivity index (χ3n) is 6.60. The number of sulfonamides is 1. The summed E-state index contributed by atoms with van der Waals surface area (Å²) in [6.07, 6.45) is 1.98. The zero-order valence-electron chi connectivity index (χ0n) is 22.8. The van der Waals surface area contributed by atoms with E-state index >= 15 is 0 Å². The molecule has 2 rings (SSSR count). The Bertz CT molecular complexity index is 1140. The lowest BCUT2D eigenvalue weighted by molar-refractivity contribution is -0.116. The molecule has 0 spiro atoms. The smallest absolute Gasteiger partial charge is 0.229 e. The van der Waals surface area contributed by atoms with Gasteiger partial charge in [0.05, 0.1) is 18.0 Å². The summed E-state index contributed by atoms with van der Waals surface area (Å²) in [5, 5.41) is 13.8. The van der Waals surface area contributed by atoms with E-state index in [9.17, 15) is 18.3 Å². The molecule has 0 bridgehead atoms. The summed E-state index contributed by atoms with van der Waals surface area (Å²) in [6, 6.07) is 13.2. The summed E-state index contributed by atoms with van der Waals surface area (Å²) < 4.78 is 32.7. The average molecular weight is 535 g/mol. The van der Waals surface area contributed by atoms with Crippen molar-refractivity contribution in [1.82, 2.24) is 5.32 Å². The van der Waals surface area contributed by atoms with E-state index in [1.54, 1.807) is 19.1 Å². The fourth-order valence-corrected chi connectivity index (χ4v) is 5.46. The van der Waals surface area contributed by atoms with Gasteiger partial charge in [-0.3, -0.25) is 9.52 Å². The van der Waals surface area contributed by atoms with E-state index in [0.29, 0.717) is 13.0 Å². The van der Waals surface area contributed by atoms with Gasteiger partial charge in [-0.15, -0.1) is 0 Å². The van der Waals surface area contributed by atoms with Crippen LogP contribution < -0.4 is 10.0 Å². The van der Waals surface area contributed by atoms with E-state index in [0.717, 1.165) is 23.8 Å². The van der Waals surface area contributed by atoms with Gasteiger partial charge in [0.2, 0.25) is 10.0 Å². The first-order chi connectivity index (χ1) is 16.5. The van der Waals surface area contributed by atoms with E-state index < -0.39 is 18.3 Å². The Hall–Kier alpha value is -2.20. The van der Waals surface area contributed by atoms with Crippen LogP contribution in [-0.4, -0.2) is 46.5 Å². The number of Topliss-reactive ketones (excluding diaryl/α,β-unsaturated/α-hetero) is 1. The van der Waals surface area contributed by atoms with Crippen molar-refractivity contribution >= 4 is 29.8 Å². The van der Waals surface area contributed by atoms with Crippen molar-refractivity contribution in [2.75, 3.05) is 17.5 Å². The summed E-state index contributed by atoms with van der Waals surface area (Å²) in [5.74, 6) is 0.0134. The molecule has 0 saturated heterocycles. The molecule has 9 heteroatoms. The highest BCUT2D eigenvalue weighted by molar-refractivity contribution is 7.92. The number of carbonyl (C=O) groups is 1. The minimum absolute atomic E-state index is 0.0107. The molecule has 0 saturated carbocycles. The van der Waals surface area contributed by atoms with Gasteiger partial charge in [0, 0.05) is 19.0 Å². The Morgan fingerprint density at radius 2 is 1.67 bits per heavy atom. The van der Waals surface area contributed by atoms with Crippen LogP contribution in [-0.2, 0) is 32.1 Å². The lowest BCUT2D eigenvalue weighted by Crippen LogP contribution is -2.44. The van der Waals surface area contributed by atoms with Crippen LogP contribution in [0.25, 0.3) is 0 Å². The summed E-state index contributed by atoms with van der Waals surface area (Å²) >= 11 is 0. The number of ketones is 1. The summed E-state index contributed by atoms with van der Waals surface area (Å²) in [6.45, 7) is 15.1. The number of rotatable bonds is 12. The van der Waals surface area contributed by atoms with Crippen molar-refractivity contribution in [3.63, 3.8) is 0 Å². The first kappa shape index (κ1) is 30.0. The van der Waals surface area contributed by atoms with E-state index in [2.05, 4.69) is 63.0 Å². The topological polar surface area (TPSA) is 105 Å². The number of hydrogen-bond acceptors (Lipinski definition) is 6. The van der Waals surface area contributed by atoms with Gasteiger partial charge in [-0.1, -0.05) is 51.1 Å². The average Bonchev–Trinajstić information content (AvgIpc) is 2.72. The summed E-state index contributed by atoms with van der Waals surface area (Å²) in [7, 11) is -5.71. The highest BCUT2D eigenvalue weighted by Gasteiger charge is 2.39. The normalized spacial score (nSPS) is 14.3. The van der Waals surface area contributed by atoms with Crippen LogP contribution in [0.4, 0.5) is 5.69 Å². The third kappa shape index (κ3) is 9.35. The number of nitrogens with one attached hydrogen (secondary N) is 2. The SMILES string of the molecule is CC(=O)Cc1ccc(C[C@@H](C)NC[C@H](O[Si](C)(C)C(C)(C)C)c2ccc(O)c(NS(C)(=O)=O)c2)cc1. The summed E-state index contributed by atoms with van der Waals surface area (Å²) in [4.78, 5) is 11.3. The zero-order chi connectivity index (χ0) is 27.3. The predicted molar refractivity (Wildman–Crippen MR) is 150 cm³/mol. The number of phenols is 1. The second kappa shape index (κ2) is 11.9. The maximum absolute atomic E-state index is 11.8. The van der Waals surface area contributed by atoms with Crippen LogP contribution in [0.5, 0.6) is 5.75 Å². The van der Waals surface area contributed by atoms with E-state index in [-0.39, 0.29) is 34.4 Å². The Morgan fingerprint density at radius 1 is 1.08 bits per heavy atom. The van der Waals surface area contributed by atoms with Crippen LogP contribution >= 0.6 is 0 Å². The maximum atomic E-state index is 11.8. The van der Waals surface area contributed by atoms with Gasteiger partial charge in [-0.2, -0.15) is 0 Å². The fourth-order valence-electron chi connectivity index (χ4n) is 3.61. The van der Waals surface area contributed by atoms with E-state index in [1.165, 1.54) is 11.6 Å². The monoisotopic (exact) mass is 534 g/mol. The van der Waals surface area contributed by atoms with Gasteiger partial charge in [0.1, 0.15) is 11.5 Å². The standard InChI is InChI=1S/C27H42N2O5SSi/c1-19(15-21-9-11-22(12-10-21)16-20(2)30)28-18-26(34-36(7,8)27(3,4)5)23-13-14-25(31)24(17-23)29-35(6,32)33/h9-14,17,19,26,28-29,31H,15-16,18H2,1-8H3/t19-,26+/m1/s1. The van der Waals surface area contributed by atoms with Crippen LogP contribution in [0.15, 0.2) is 42.5 Å². The van der Waals surface area contributed by atoms with Crippen LogP contribution in [0.3, 0.4) is 0 Å². The van der Waals surface area contributed by atoms with Crippen molar-refractivity contribution < 1.29 is 22.7 Å². The molecule has 0 amide bonds. The molecule has 0 heterocycles. The molecular formula is C27H42N2O5SSi. The Labute approximate surface area is 217 Å². The number of aromatic hydroxyl groups is 1. The van der Waals surface area contributed by atoms with Crippen molar-refractivity contribution in [2.45, 2.75) is 77.7 Å². The van der Waals surface area contributed by atoms with Crippen molar-refractivity contribution in [1.29, 1.82) is 0 Å². The second-order valence-corrected chi connectivity index (χ2v) is 17.7. The fraction of sp³-hybridized carbons (Fsp3) is 0.519. The Morgan fingerprint density at radius 3 is 2.19 bits per heavy atom. The first-order valence-electron chi connectivity index (χ1n) is 12.3. The Kier molecular flexibility index (Phi) is 9.92. The Balaban J connectivity index is 2.22. The van der Waals surface area contributed by atoms with Crippen molar-refractivity contribution in [3.05, 3.63) is 59.2 Å². The lowest BCUT2D eigenvalue weighted by atomic mass is 10.0. The highest BCUT2D eigenvalue weighted by Crippen LogP contribution is 2.40. The first-order valence-corrected chi connectivity index (χ1v) is 17.1. The molecular weight excluding hydrogens is 492 g/mol. The molecule has 0 radical (unpaired) electrons. The molecule has 2 atom stereocenters. The van der Waals surface area contributed by atoms with Crippen molar-refractivity contribution in [2.24, 2.45) is 0 Å². The maximum Gasteiger partial charge on any atom is 0.229 e. The largest absolute Gasteiger partial charge is 0.506 e. The quantitative estimate of drug-likeness (QED) is 0.256. The van der Waals surface area contributed by atoms with E-state index in [1.807, 2.05) is 12.1 Å². The minimum atomic E-state index is -3.55. The lowest BCUT2D eigenvalue weighted by Gasteiger charge is -2.40. The molecule has 0 aliphatic carbocycles.